The Labute approximate surface area is 182 Å². The van der Waals surface area contributed by atoms with Crippen molar-refractivity contribution in [3.63, 3.8) is 0 Å². The zero-order valence-electron chi connectivity index (χ0n) is 17.6. The molecule has 0 fully saturated rings. The van der Waals surface area contributed by atoms with Crippen molar-refractivity contribution in [2.24, 2.45) is 0 Å². The van der Waals surface area contributed by atoms with E-state index in [4.69, 9.17) is 4.74 Å². The monoisotopic (exact) mass is 445 g/mol. The molecule has 0 aliphatic rings. The van der Waals surface area contributed by atoms with Crippen LogP contribution in [0.15, 0.2) is 42.5 Å². The van der Waals surface area contributed by atoms with Gasteiger partial charge in [-0.05, 0) is 49.7 Å². The van der Waals surface area contributed by atoms with Crippen molar-refractivity contribution < 1.29 is 27.5 Å². The Balaban J connectivity index is 1.56. The van der Waals surface area contributed by atoms with Crippen LogP contribution in [0.3, 0.4) is 0 Å². The molecule has 1 amide bonds. The molecule has 0 saturated heterocycles. The number of carbonyl (C=O) groups is 2. The Bertz CT molecular complexity index is 1150. The van der Waals surface area contributed by atoms with E-state index in [-0.39, 0.29) is 30.6 Å². The number of hydrogen-bond donors (Lipinski definition) is 1. The summed E-state index contributed by atoms with van der Waals surface area (Å²) in [5, 5.41) is 3.01. The van der Waals surface area contributed by atoms with E-state index in [0.29, 0.717) is 40.8 Å². The summed E-state index contributed by atoms with van der Waals surface area (Å²) in [5.74, 6) is 0.309. The fraction of sp³-hybridized carbons (Fsp3) is 0.304. The van der Waals surface area contributed by atoms with E-state index in [1.807, 2.05) is 0 Å². The lowest BCUT2D eigenvalue weighted by atomic mass is 10.1. The number of amides is 1. The average Bonchev–Trinajstić information content (AvgIpc) is 2.74. The normalized spacial score (nSPS) is 11.4. The second-order valence-electron chi connectivity index (χ2n) is 7.21. The van der Waals surface area contributed by atoms with Gasteiger partial charge in [-0.2, -0.15) is 13.2 Å². The van der Waals surface area contributed by atoms with E-state index in [9.17, 15) is 22.8 Å². The van der Waals surface area contributed by atoms with Gasteiger partial charge in [0.15, 0.2) is 5.78 Å². The van der Waals surface area contributed by atoms with Crippen molar-refractivity contribution >= 4 is 28.4 Å². The molecule has 0 unspecified atom stereocenters. The van der Waals surface area contributed by atoms with Gasteiger partial charge in [-0.3, -0.25) is 9.59 Å². The van der Waals surface area contributed by atoms with Crippen LogP contribution in [0.1, 0.15) is 47.8 Å². The first kappa shape index (κ1) is 23.2. The van der Waals surface area contributed by atoms with Crippen LogP contribution < -0.4 is 10.1 Å². The molecule has 0 saturated carbocycles. The molecule has 0 atom stereocenters. The highest BCUT2D eigenvalue weighted by Crippen LogP contribution is 2.31. The smallest absolute Gasteiger partial charge is 0.416 e. The van der Waals surface area contributed by atoms with Crippen molar-refractivity contribution in [3.05, 3.63) is 59.3 Å². The summed E-state index contributed by atoms with van der Waals surface area (Å²) in [6.07, 6.45) is -3.47. The molecule has 0 bridgehead atoms. The highest BCUT2D eigenvalue weighted by atomic mass is 19.4. The van der Waals surface area contributed by atoms with Crippen molar-refractivity contribution in [1.82, 2.24) is 9.97 Å². The SMILES string of the molecule is CCC(=O)Nc1cc(C(=O)CCCOc2ccc3cc(C(F)(F)F)ccc3n2)cc(C)n1. The molecule has 0 aliphatic heterocycles. The quantitative estimate of drug-likeness (QED) is 0.374. The van der Waals surface area contributed by atoms with E-state index in [1.54, 1.807) is 26.0 Å². The molecule has 2 aromatic heterocycles. The number of Topliss-reactive ketones (excluding diaryl/α,β-unsaturated/α-hetero) is 1. The number of nitrogens with zero attached hydrogens (tertiary/aromatic N) is 2. The highest BCUT2D eigenvalue weighted by molar-refractivity contribution is 5.98. The van der Waals surface area contributed by atoms with Gasteiger partial charge < -0.3 is 10.1 Å². The minimum absolute atomic E-state index is 0.114. The largest absolute Gasteiger partial charge is 0.478 e. The summed E-state index contributed by atoms with van der Waals surface area (Å²) < 4.78 is 44.0. The Morgan fingerprint density at radius 2 is 1.84 bits per heavy atom. The van der Waals surface area contributed by atoms with Gasteiger partial charge in [-0.15, -0.1) is 0 Å². The van der Waals surface area contributed by atoms with Crippen molar-refractivity contribution in [3.8, 4) is 5.88 Å². The van der Waals surface area contributed by atoms with E-state index in [1.165, 1.54) is 18.2 Å². The number of alkyl halides is 3. The topological polar surface area (TPSA) is 81.2 Å². The molecule has 1 aromatic carbocycles. The molecule has 0 aliphatic carbocycles. The third-order valence-electron chi connectivity index (χ3n) is 4.65. The molecule has 3 aromatic rings. The maximum atomic E-state index is 12.8. The second kappa shape index (κ2) is 9.76. The molecule has 0 spiro atoms. The molecule has 2 heterocycles. The summed E-state index contributed by atoms with van der Waals surface area (Å²) in [5.41, 5.74) is 0.726. The van der Waals surface area contributed by atoms with Crippen LogP contribution in [0.4, 0.5) is 19.0 Å². The van der Waals surface area contributed by atoms with Gasteiger partial charge in [0.25, 0.3) is 0 Å². The first-order valence-corrected chi connectivity index (χ1v) is 10.1. The minimum atomic E-state index is -4.41. The molecular formula is C23H22F3N3O3. The first-order valence-electron chi connectivity index (χ1n) is 10.1. The van der Waals surface area contributed by atoms with Gasteiger partial charge in [-0.25, -0.2) is 9.97 Å². The van der Waals surface area contributed by atoms with Gasteiger partial charge in [0.05, 0.1) is 17.7 Å². The third kappa shape index (κ3) is 6.03. The molecule has 3 rings (SSSR count). The summed E-state index contributed by atoms with van der Waals surface area (Å²) in [7, 11) is 0. The number of benzene rings is 1. The van der Waals surface area contributed by atoms with E-state index < -0.39 is 11.7 Å². The fourth-order valence-corrected chi connectivity index (χ4v) is 3.04. The summed E-state index contributed by atoms with van der Waals surface area (Å²) >= 11 is 0. The first-order chi connectivity index (χ1) is 15.2. The maximum absolute atomic E-state index is 12.8. The van der Waals surface area contributed by atoms with E-state index in [2.05, 4.69) is 15.3 Å². The number of fused-ring (bicyclic) bond motifs is 1. The molecule has 0 radical (unpaired) electrons. The van der Waals surface area contributed by atoms with Gasteiger partial charge >= 0.3 is 6.18 Å². The molecule has 168 valence electrons. The Morgan fingerprint density at radius 1 is 1.06 bits per heavy atom. The number of anilines is 1. The lowest BCUT2D eigenvalue weighted by Gasteiger charge is -2.09. The maximum Gasteiger partial charge on any atom is 0.416 e. The van der Waals surface area contributed by atoms with Crippen molar-refractivity contribution in [2.45, 2.75) is 39.3 Å². The van der Waals surface area contributed by atoms with Crippen LogP contribution >= 0.6 is 0 Å². The summed E-state index contributed by atoms with van der Waals surface area (Å²) in [4.78, 5) is 32.5. The zero-order chi connectivity index (χ0) is 23.3. The Morgan fingerprint density at radius 3 is 2.56 bits per heavy atom. The lowest BCUT2D eigenvalue weighted by molar-refractivity contribution is -0.137. The number of nitrogens with one attached hydrogen (secondary N) is 1. The van der Waals surface area contributed by atoms with Gasteiger partial charge in [0.1, 0.15) is 5.82 Å². The number of ether oxygens (including phenoxy) is 1. The number of pyridine rings is 2. The van der Waals surface area contributed by atoms with Crippen LogP contribution in [-0.4, -0.2) is 28.3 Å². The Hall–Kier alpha value is -3.49. The van der Waals surface area contributed by atoms with E-state index >= 15 is 0 Å². The van der Waals surface area contributed by atoms with Gasteiger partial charge in [0, 0.05) is 35.6 Å². The predicted molar refractivity (Wildman–Crippen MR) is 114 cm³/mol. The number of aryl methyl sites for hydroxylation is 1. The molecule has 1 N–H and O–H groups in total. The molecule has 9 heteroatoms. The summed E-state index contributed by atoms with van der Waals surface area (Å²) in [6, 6.07) is 9.54. The van der Waals surface area contributed by atoms with E-state index in [0.717, 1.165) is 12.1 Å². The van der Waals surface area contributed by atoms with Crippen LogP contribution in [0.2, 0.25) is 0 Å². The number of rotatable bonds is 8. The number of hydrogen-bond acceptors (Lipinski definition) is 5. The number of ketones is 1. The predicted octanol–water partition coefficient (Wildman–Crippen LogP) is 5.35. The molecule has 6 nitrogen and oxygen atoms in total. The standard InChI is InChI=1S/C23H22F3N3O3/c1-3-21(31)29-20-13-16(11-14(2)27-20)19(30)5-4-10-32-22-9-6-15-12-17(23(24,25)26)7-8-18(15)28-22/h6-9,11-13H,3-5,10H2,1-2H3,(H,27,29,31). The minimum Gasteiger partial charge on any atom is -0.478 e. The third-order valence-corrected chi connectivity index (χ3v) is 4.65. The number of halogens is 3. The highest BCUT2D eigenvalue weighted by Gasteiger charge is 2.30. The zero-order valence-corrected chi connectivity index (χ0v) is 17.6. The number of aromatic nitrogens is 2. The van der Waals surface area contributed by atoms with Crippen molar-refractivity contribution in [1.29, 1.82) is 0 Å². The van der Waals surface area contributed by atoms with Crippen LogP contribution in [0.5, 0.6) is 5.88 Å². The lowest BCUT2D eigenvalue weighted by Crippen LogP contribution is -2.12. The number of carbonyl (C=O) groups excluding carboxylic acids is 2. The summed E-state index contributed by atoms with van der Waals surface area (Å²) in [6.45, 7) is 3.68. The Kier molecular flexibility index (Phi) is 7.07. The molecule has 32 heavy (non-hydrogen) atoms. The second-order valence-corrected chi connectivity index (χ2v) is 7.21. The fourth-order valence-electron chi connectivity index (χ4n) is 3.04. The van der Waals surface area contributed by atoms with Crippen LogP contribution in [0, 0.1) is 6.92 Å². The van der Waals surface area contributed by atoms with Gasteiger partial charge in [0.2, 0.25) is 11.8 Å². The average molecular weight is 445 g/mol. The molecular weight excluding hydrogens is 423 g/mol. The van der Waals surface area contributed by atoms with Gasteiger partial charge in [-0.1, -0.05) is 6.92 Å². The van der Waals surface area contributed by atoms with Crippen molar-refractivity contribution in [2.75, 3.05) is 11.9 Å². The van der Waals surface area contributed by atoms with Crippen LogP contribution in [-0.2, 0) is 11.0 Å². The van der Waals surface area contributed by atoms with Crippen LogP contribution in [0.25, 0.3) is 10.9 Å².